The second-order valence-corrected chi connectivity index (χ2v) is 28.2. The highest BCUT2D eigenvalue weighted by molar-refractivity contribution is 5.76. The Bertz CT molecular complexity index is 2220. The zero-order valence-corrected chi connectivity index (χ0v) is 63.6. The fourth-order valence-electron chi connectivity index (χ4n) is 12.7. The van der Waals surface area contributed by atoms with Gasteiger partial charge in [0.25, 0.3) is 0 Å². The number of hydrogen-bond donors (Lipinski definition) is 9. The third kappa shape index (κ3) is 51.9. The molecule has 1 amide bonds. The summed E-state index contributed by atoms with van der Waals surface area (Å²) in [4.78, 5) is 13.4. The molecule has 0 radical (unpaired) electrons. The topological polar surface area (TPSA) is 228 Å². The van der Waals surface area contributed by atoms with Crippen molar-refractivity contribution in [3.8, 4) is 0 Å². The minimum absolute atomic E-state index is 0.258. The summed E-state index contributed by atoms with van der Waals surface area (Å²) in [6, 6.07) is -0.947. The van der Waals surface area contributed by atoms with Crippen LogP contribution in [0.25, 0.3) is 0 Å². The first-order valence-corrected chi connectivity index (χ1v) is 40.9. The SMILES string of the molecule is CC/C=C\C/C=C\C/C=C\C/C=C\C/C=C\C/C=C\C/C=C\C/C=C\C/C=C\CCCCCCCCCCCC(=O)NC(COC1OC(CO)C(OC2OC(CO)C(O)C(O)C2O)C(O)C1O)C(O)/C=C/CC/C=C/CCCCCCCCCCCCCCCCCCCCCCCCCC. The Kier molecular flexibility index (Phi) is 63.9. The minimum Gasteiger partial charge on any atom is -0.394 e. The standard InChI is InChI=1S/C87H149NO13/c1-3-5-7-9-11-13-15-17-19-21-23-25-27-29-31-33-35-36-37-38-39-40-41-43-45-47-49-51-53-55-57-59-61-63-65-67-69-71-79(92)88-75(74-98-86-84(97)82(95)85(78(73-90)100-86)101-87-83(96)81(94)80(93)77(72-89)99-87)76(91)70-68-66-64-62-60-58-56-54-52-50-48-46-44-42-34-32-30-28-26-24-22-20-18-16-14-12-10-8-6-4-2/h5,7,11,13,17,19,23,25,29,31,35-36,38-39,41,43,47,49,60,62,68,70,75-78,80-87,89-91,93-97H,3-4,6,8-10,12,14-16,18,20-22,24,26-28,30,32-34,37,40,42,44-46,48,50-59,61,63-67,69,71-74H2,1-2H3,(H,88,92)/b7-5-,13-11-,19-17-,25-23-,31-29-,36-35-,39-38-,43-41-,49-47-,62-60+,70-68+. The molecular formula is C87H149NO13. The highest BCUT2D eigenvalue weighted by Crippen LogP contribution is 2.30. The Morgan fingerprint density at radius 2 is 0.693 bits per heavy atom. The highest BCUT2D eigenvalue weighted by atomic mass is 16.7. The maximum Gasteiger partial charge on any atom is 0.220 e. The molecule has 2 saturated heterocycles. The van der Waals surface area contributed by atoms with Crippen LogP contribution in [0.5, 0.6) is 0 Å². The van der Waals surface area contributed by atoms with Crippen LogP contribution < -0.4 is 5.32 Å². The van der Waals surface area contributed by atoms with E-state index in [2.05, 4.69) is 141 Å². The lowest BCUT2D eigenvalue weighted by Gasteiger charge is -2.46. The third-order valence-corrected chi connectivity index (χ3v) is 19.1. The molecule has 12 atom stereocenters. The smallest absolute Gasteiger partial charge is 0.220 e. The number of rotatable bonds is 67. The fraction of sp³-hybridized carbons (Fsp3) is 0.736. The Balaban J connectivity index is 1.64. The first-order valence-electron chi connectivity index (χ1n) is 40.9. The summed E-state index contributed by atoms with van der Waals surface area (Å²) < 4.78 is 22.9. The quantitative estimate of drug-likeness (QED) is 0.0204. The molecule has 2 aliphatic rings. The van der Waals surface area contributed by atoms with E-state index < -0.39 is 86.8 Å². The zero-order valence-electron chi connectivity index (χ0n) is 63.6. The lowest BCUT2D eigenvalue weighted by molar-refractivity contribution is -0.359. The van der Waals surface area contributed by atoms with Crippen molar-refractivity contribution in [3.05, 3.63) is 134 Å². The molecule has 0 aliphatic carbocycles. The number of unbranched alkanes of at least 4 members (excludes halogenated alkanes) is 34. The molecule has 580 valence electrons. The van der Waals surface area contributed by atoms with Crippen molar-refractivity contribution in [2.75, 3.05) is 19.8 Å². The average molecular weight is 1420 g/mol. The van der Waals surface area contributed by atoms with Gasteiger partial charge >= 0.3 is 0 Å². The van der Waals surface area contributed by atoms with E-state index in [0.29, 0.717) is 12.8 Å². The molecule has 101 heavy (non-hydrogen) atoms. The number of ether oxygens (including phenoxy) is 4. The largest absolute Gasteiger partial charge is 0.394 e. The van der Waals surface area contributed by atoms with Gasteiger partial charge in [0.05, 0.1) is 32.0 Å². The van der Waals surface area contributed by atoms with Gasteiger partial charge in [-0.25, -0.2) is 0 Å². The molecule has 0 aromatic heterocycles. The summed E-state index contributed by atoms with van der Waals surface area (Å²) in [6.07, 6.45) is 86.7. The van der Waals surface area contributed by atoms with Crippen molar-refractivity contribution in [2.45, 2.75) is 389 Å². The molecule has 2 rings (SSSR count). The van der Waals surface area contributed by atoms with Crippen LogP contribution in [-0.4, -0.2) is 140 Å². The molecule has 0 spiro atoms. The maximum absolute atomic E-state index is 13.4. The van der Waals surface area contributed by atoms with Gasteiger partial charge in [-0.15, -0.1) is 0 Å². The molecule has 0 aromatic carbocycles. The number of carbonyl (C=O) groups excluding carboxylic acids is 1. The van der Waals surface area contributed by atoms with Crippen LogP contribution >= 0.6 is 0 Å². The van der Waals surface area contributed by atoms with Gasteiger partial charge in [-0.2, -0.15) is 0 Å². The molecule has 0 aromatic rings. The van der Waals surface area contributed by atoms with E-state index in [1.807, 2.05) is 6.08 Å². The van der Waals surface area contributed by atoms with Crippen LogP contribution in [0.3, 0.4) is 0 Å². The molecule has 2 fully saturated rings. The summed E-state index contributed by atoms with van der Waals surface area (Å²) in [5.74, 6) is -0.258. The first kappa shape index (κ1) is 93.2. The van der Waals surface area contributed by atoms with Crippen LogP contribution in [0, 0.1) is 0 Å². The van der Waals surface area contributed by atoms with Crippen LogP contribution in [0.1, 0.15) is 316 Å². The lowest BCUT2D eigenvalue weighted by Crippen LogP contribution is -2.65. The highest BCUT2D eigenvalue weighted by Gasteiger charge is 2.51. The molecular weight excluding hydrogens is 1270 g/mol. The van der Waals surface area contributed by atoms with Crippen molar-refractivity contribution in [1.29, 1.82) is 0 Å². The van der Waals surface area contributed by atoms with E-state index in [1.165, 1.54) is 180 Å². The van der Waals surface area contributed by atoms with E-state index in [-0.39, 0.29) is 18.9 Å². The number of carbonyl (C=O) groups is 1. The normalized spacial score (nSPS) is 22.5. The van der Waals surface area contributed by atoms with Gasteiger partial charge in [0.1, 0.15) is 48.8 Å². The van der Waals surface area contributed by atoms with Crippen molar-refractivity contribution < 1.29 is 64.6 Å². The van der Waals surface area contributed by atoms with Crippen LogP contribution in [0.2, 0.25) is 0 Å². The molecule has 2 heterocycles. The second-order valence-electron chi connectivity index (χ2n) is 28.2. The fourth-order valence-corrected chi connectivity index (χ4v) is 12.7. The first-order chi connectivity index (χ1) is 49.6. The summed E-state index contributed by atoms with van der Waals surface area (Å²) in [6.45, 7) is 2.69. The number of aliphatic hydroxyl groups is 8. The molecule has 9 N–H and O–H groups in total. The lowest BCUT2D eigenvalue weighted by atomic mass is 9.97. The predicted molar refractivity (Wildman–Crippen MR) is 419 cm³/mol. The monoisotopic (exact) mass is 1420 g/mol. The van der Waals surface area contributed by atoms with Crippen LogP contribution in [-0.2, 0) is 23.7 Å². The Hall–Kier alpha value is -3.87. The molecule has 2 aliphatic heterocycles. The van der Waals surface area contributed by atoms with Gasteiger partial charge in [0, 0.05) is 6.42 Å². The summed E-state index contributed by atoms with van der Waals surface area (Å²) in [7, 11) is 0. The van der Waals surface area contributed by atoms with Gasteiger partial charge in [-0.3, -0.25) is 4.79 Å². The van der Waals surface area contributed by atoms with Crippen LogP contribution in [0.15, 0.2) is 134 Å². The van der Waals surface area contributed by atoms with E-state index in [0.717, 1.165) is 103 Å². The van der Waals surface area contributed by atoms with E-state index in [1.54, 1.807) is 6.08 Å². The van der Waals surface area contributed by atoms with E-state index in [9.17, 15) is 45.6 Å². The van der Waals surface area contributed by atoms with Gasteiger partial charge in [-0.1, -0.05) is 340 Å². The van der Waals surface area contributed by atoms with Crippen molar-refractivity contribution in [1.82, 2.24) is 5.32 Å². The minimum atomic E-state index is -1.80. The van der Waals surface area contributed by atoms with E-state index >= 15 is 0 Å². The second kappa shape index (κ2) is 69.2. The number of allylic oxidation sites excluding steroid dienone is 21. The molecule has 12 unspecified atom stereocenters. The summed E-state index contributed by atoms with van der Waals surface area (Å²) in [5.41, 5.74) is 0. The Morgan fingerprint density at radius 1 is 0.366 bits per heavy atom. The zero-order chi connectivity index (χ0) is 73.0. The molecule has 0 saturated carbocycles. The van der Waals surface area contributed by atoms with Crippen molar-refractivity contribution in [3.63, 3.8) is 0 Å². The van der Waals surface area contributed by atoms with Gasteiger partial charge in [0.15, 0.2) is 12.6 Å². The maximum atomic E-state index is 13.4. The number of amides is 1. The van der Waals surface area contributed by atoms with Gasteiger partial charge < -0.3 is 65.1 Å². The molecule has 0 bridgehead atoms. The molecule has 14 nitrogen and oxygen atoms in total. The summed E-state index contributed by atoms with van der Waals surface area (Å²) >= 11 is 0. The van der Waals surface area contributed by atoms with Gasteiger partial charge in [-0.05, 0) is 103 Å². The van der Waals surface area contributed by atoms with Gasteiger partial charge in [0.2, 0.25) is 5.91 Å². The number of nitrogens with one attached hydrogen (secondary N) is 1. The predicted octanol–water partition coefficient (Wildman–Crippen LogP) is 19.0. The average Bonchev–Trinajstić information content (AvgIpc) is 0.792. The third-order valence-electron chi connectivity index (χ3n) is 19.1. The van der Waals surface area contributed by atoms with Crippen LogP contribution in [0.4, 0.5) is 0 Å². The summed E-state index contributed by atoms with van der Waals surface area (Å²) in [5, 5.41) is 87.7. The Morgan fingerprint density at radius 3 is 1.09 bits per heavy atom. The van der Waals surface area contributed by atoms with E-state index in [4.69, 9.17) is 18.9 Å². The van der Waals surface area contributed by atoms with Crippen molar-refractivity contribution >= 4 is 5.91 Å². The van der Waals surface area contributed by atoms with Crippen molar-refractivity contribution in [2.24, 2.45) is 0 Å². The number of hydrogen-bond acceptors (Lipinski definition) is 13. The Labute approximate surface area is 615 Å². The molecule has 14 heteroatoms. The number of aliphatic hydroxyl groups excluding tert-OH is 8.